The maximum atomic E-state index is 6.06. The summed E-state index contributed by atoms with van der Waals surface area (Å²) in [5.41, 5.74) is 8.96. The Morgan fingerprint density at radius 3 is 2.54 bits per heavy atom. The van der Waals surface area contributed by atoms with Gasteiger partial charge in [-0.25, -0.2) is 4.99 Å². The third kappa shape index (κ3) is 5.97. The second-order valence-electron chi connectivity index (χ2n) is 5.60. The molecule has 0 heterocycles. The third-order valence-electron chi connectivity index (χ3n) is 3.56. The Kier molecular flexibility index (Phi) is 7.76. The SMILES string of the molecule is CCOc1ccc(OCC)c(NC(N)=NCc2cccc(COC)c2)c1. The molecule has 6 heteroatoms. The summed E-state index contributed by atoms with van der Waals surface area (Å²) in [4.78, 5) is 4.41. The molecular weight excluding hydrogens is 330 g/mol. The maximum Gasteiger partial charge on any atom is 0.193 e. The lowest BCUT2D eigenvalue weighted by Crippen LogP contribution is -2.23. The zero-order chi connectivity index (χ0) is 18.8. The highest BCUT2D eigenvalue weighted by Crippen LogP contribution is 2.29. The van der Waals surface area contributed by atoms with Crippen LogP contribution in [-0.4, -0.2) is 26.3 Å². The van der Waals surface area contributed by atoms with Gasteiger partial charge in [0.2, 0.25) is 0 Å². The van der Waals surface area contributed by atoms with Crippen LogP contribution in [-0.2, 0) is 17.9 Å². The summed E-state index contributed by atoms with van der Waals surface area (Å²) in [6.07, 6.45) is 0. The molecule has 0 aliphatic rings. The Morgan fingerprint density at radius 2 is 1.81 bits per heavy atom. The number of ether oxygens (including phenoxy) is 3. The van der Waals surface area contributed by atoms with Crippen molar-refractivity contribution in [1.29, 1.82) is 0 Å². The number of rotatable bonds is 9. The number of anilines is 1. The van der Waals surface area contributed by atoms with E-state index in [1.165, 1.54) is 0 Å². The van der Waals surface area contributed by atoms with Gasteiger partial charge in [0.1, 0.15) is 11.5 Å². The first-order valence-corrected chi connectivity index (χ1v) is 8.69. The molecule has 2 aromatic carbocycles. The summed E-state index contributed by atoms with van der Waals surface area (Å²) in [6, 6.07) is 13.7. The van der Waals surface area contributed by atoms with E-state index in [1.807, 2.05) is 50.2 Å². The first-order chi connectivity index (χ1) is 12.7. The molecule has 26 heavy (non-hydrogen) atoms. The van der Waals surface area contributed by atoms with Gasteiger partial charge < -0.3 is 25.3 Å². The van der Waals surface area contributed by atoms with Gasteiger partial charge in [0, 0.05) is 13.2 Å². The lowest BCUT2D eigenvalue weighted by molar-refractivity contribution is 0.185. The lowest BCUT2D eigenvalue weighted by Gasteiger charge is -2.14. The Morgan fingerprint density at radius 1 is 1.04 bits per heavy atom. The van der Waals surface area contributed by atoms with Gasteiger partial charge in [-0.3, -0.25) is 0 Å². The zero-order valence-corrected chi connectivity index (χ0v) is 15.6. The van der Waals surface area contributed by atoms with Crippen LogP contribution in [0.3, 0.4) is 0 Å². The van der Waals surface area contributed by atoms with E-state index < -0.39 is 0 Å². The molecule has 0 amide bonds. The molecule has 0 unspecified atom stereocenters. The Hall–Kier alpha value is -2.73. The van der Waals surface area contributed by atoms with Crippen LogP contribution in [0.15, 0.2) is 47.5 Å². The van der Waals surface area contributed by atoms with Crippen LogP contribution in [0.5, 0.6) is 11.5 Å². The molecule has 0 radical (unpaired) electrons. The number of benzene rings is 2. The Bertz CT molecular complexity index is 732. The summed E-state index contributed by atoms with van der Waals surface area (Å²) in [7, 11) is 1.68. The first-order valence-electron chi connectivity index (χ1n) is 8.69. The van der Waals surface area contributed by atoms with Crippen molar-refractivity contribution in [2.24, 2.45) is 10.7 Å². The van der Waals surface area contributed by atoms with Crippen molar-refractivity contribution in [3.05, 3.63) is 53.6 Å². The minimum absolute atomic E-state index is 0.316. The smallest absolute Gasteiger partial charge is 0.193 e. The molecule has 0 fully saturated rings. The van der Waals surface area contributed by atoms with E-state index in [4.69, 9.17) is 19.9 Å². The van der Waals surface area contributed by atoms with E-state index in [0.29, 0.717) is 38.1 Å². The molecule has 0 bridgehead atoms. The number of nitrogens with zero attached hydrogens (tertiary/aromatic N) is 1. The molecule has 0 aliphatic heterocycles. The highest BCUT2D eigenvalue weighted by atomic mass is 16.5. The third-order valence-corrected chi connectivity index (χ3v) is 3.56. The lowest BCUT2D eigenvalue weighted by atomic mass is 10.1. The minimum Gasteiger partial charge on any atom is -0.494 e. The summed E-state index contributed by atoms with van der Waals surface area (Å²) < 4.78 is 16.3. The van der Waals surface area contributed by atoms with Gasteiger partial charge in [0.25, 0.3) is 0 Å². The zero-order valence-electron chi connectivity index (χ0n) is 15.6. The molecule has 140 valence electrons. The molecule has 3 N–H and O–H groups in total. The summed E-state index contributed by atoms with van der Waals surface area (Å²) in [5.74, 6) is 1.77. The Labute approximate surface area is 155 Å². The highest BCUT2D eigenvalue weighted by Gasteiger charge is 2.07. The molecule has 0 saturated heterocycles. The maximum absolute atomic E-state index is 6.06. The van der Waals surface area contributed by atoms with Crippen molar-refractivity contribution in [2.75, 3.05) is 25.6 Å². The van der Waals surface area contributed by atoms with E-state index in [1.54, 1.807) is 7.11 Å². The molecule has 2 rings (SSSR count). The van der Waals surface area contributed by atoms with Crippen LogP contribution in [0.1, 0.15) is 25.0 Å². The topological polar surface area (TPSA) is 78.1 Å². The summed E-state index contributed by atoms with van der Waals surface area (Å²) in [6.45, 7) is 6.08. The molecule has 0 saturated carbocycles. The fraction of sp³-hybridized carbons (Fsp3) is 0.350. The van der Waals surface area contributed by atoms with Gasteiger partial charge in [-0.15, -0.1) is 0 Å². The molecule has 0 aromatic heterocycles. The number of hydrogen-bond acceptors (Lipinski definition) is 4. The van der Waals surface area contributed by atoms with Gasteiger partial charge in [0.05, 0.1) is 32.1 Å². The number of nitrogens with two attached hydrogens (primary N) is 1. The van der Waals surface area contributed by atoms with Crippen LogP contribution in [0.2, 0.25) is 0 Å². The van der Waals surface area contributed by atoms with Crippen LogP contribution in [0.4, 0.5) is 5.69 Å². The van der Waals surface area contributed by atoms with Crippen molar-refractivity contribution >= 4 is 11.6 Å². The van der Waals surface area contributed by atoms with Crippen molar-refractivity contribution in [1.82, 2.24) is 0 Å². The van der Waals surface area contributed by atoms with E-state index in [2.05, 4.69) is 16.4 Å². The van der Waals surface area contributed by atoms with Gasteiger partial charge in [-0.2, -0.15) is 0 Å². The standard InChI is InChI=1S/C20H27N3O3/c1-4-25-17-9-10-19(26-5-2)18(12-17)23-20(21)22-13-15-7-6-8-16(11-15)14-24-3/h6-12H,4-5,13-14H2,1-3H3,(H3,21,22,23). The number of aliphatic imine (C=N–C) groups is 1. The average molecular weight is 357 g/mol. The molecule has 0 spiro atoms. The molecule has 6 nitrogen and oxygen atoms in total. The molecule has 0 aliphatic carbocycles. The fourth-order valence-corrected chi connectivity index (χ4v) is 2.48. The Balaban J connectivity index is 2.09. The number of hydrogen-bond donors (Lipinski definition) is 2. The van der Waals surface area contributed by atoms with Crippen molar-refractivity contribution < 1.29 is 14.2 Å². The van der Waals surface area contributed by atoms with E-state index >= 15 is 0 Å². The quantitative estimate of drug-likeness (QED) is 0.530. The van der Waals surface area contributed by atoms with Gasteiger partial charge >= 0.3 is 0 Å². The number of methoxy groups -OCH3 is 1. The van der Waals surface area contributed by atoms with Crippen LogP contribution < -0.4 is 20.5 Å². The second-order valence-corrected chi connectivity index (χ2v) is 5.60. The first kappa shape index (κ1) is 19.6. The highest BCUT2D eigenvalue weighted by molar-refractivity contribution is 5.94. The van der Waals surface area contributed by atoms with Crippen molar-refractivity contribution in [2.45, 2.75) is 27.0 Å². The van der Waals surface area contributed by atoms with Crippen molar-refractivity contribution in [3.63, 3.8) is 0 Å². The predicted octanol–water partition coefficient (Wildman–Crippen LogP) is 3.56. The largest absolute Gasteiger partial charge is 0.494 e. The number of nitrogens with one attached hydrogen (secondary N) is 1. The van der Waals surface area contributed by atoms with Crippen molar-refractivity contribution in [3.8, 4) is 11.5 Å². The van der Waals surface area contributed by atoms with Gasteiger partial charge in [0.15, 0.2) is 5.96 Å². The second kappa shape index (κ2) is 10.3. The van der Waals surface area contributed by atoms with Crippen LogP contribution >= 0.6 is 0 Å². The van der Waals surface area contributed by atoms with Crippen LogP contribution in [0, 0.1) is 0 Å². The average Bonchev–Trinajstić information content (AvgIpc) is 2.63. The predicted molar refractivity (Wildman–Crippen MR) is 105 cm³/mol. The van der Waals surface area contributed by atoms with E-state index in [-0.39, 0.29) is 0 Å². The molecular formula is C20H27N3O3. The monoisotopic (exact) mass is 357 g/mol. The summed E-state index contributed by atoms with van der Waals surface area (Å²) in [5, 5.41) is 3.10. The minimum atomic E-state index is 0.316. The number of guanidine groups is 1. The molecule has 2 aromatic rings. The fourth-order valence-electron chi connectivity index (χ4n) is 2.48. The van der Waals surface area contributed by atoms with Crippen LogP contribution in [0.25, 0.3) is 0 Å². The van der Waals surface area contributed by atoms with E-state index in [0.717, 1.165) is 22.6 Å². The van der Waals surface area contributed by atoms with Gasteiger partial charge in [-0.05, 0) is 37.1 Å². The van der Waals surface area contributed by atoms with E-state index in [9.17, 15) is 0 Å². The normalized spacial score (nSPS) is 11.3. The molecule has 0 atom stereocenters. The summed E-state index contributed by atoms with van der Waals surface area (Å²) >= 11 is 0. The van der Waals surface area contributed by atoms with Gasteiger partial charge in [-0.1, -0.05) is 24.3 Å².